The fourth-order valence-corrected chi connectivity index (χ4v) is 5.46. The molecule has 2 bridgehead atoms. The number of rotatable bonds is 3. The molecule has 2 aliphatic rings. The summed E-state index contributed by atoms with van der Waals surface area (Å²) in [7, 11) is 0. The van der Waals surface area contributed by atoms with Crippen molar-refractivity contribution in [3.05, 3.63) is 65.9 Å². The van der Waals surface area contributed by atoms with Crippen LogP contribution in [0.1, 0.15) is 59.8 Å². The zero-order valence-electron chi connectivity index (χ0n) is 17.1. The van der Waals surface area contributed by atoms with Crippen molar-refractivity contribution in [1.29, 1.82) is 0 Å². The molecule has 2 aliphatic heterocycles. The number of piperidine rings is 1. The topological polar surface area (TPSA) is 76.3 Å². The summed E-state index contributed by atoms with van der Waals surface area (Å²) in [5.74, 6) is -0.0103. The zero-order valence-corrected chi connectivity index (χ0v) is 17.1. The van der Waals surface area contributed by atoms with Crippen molar-refractivity contribution in [2.75, 3.05) is 0 Å². The molecule has 3 atom stereocenters. The SMILES string of the molecule is O=C(c1cccc2cccnc12)N1C2CCC(c3cc(C(F)F)nc4ncnn34)C1CC2. The van der Waals surface area contributed by atoms with Gasteiger partial charge in [-0.25, -0.2) is 18.3 Å². The van der Waals surface area contributed by atoms with Gasteiger partial charge in [0.05, 0.1) is 16.8 Å². The molecule has 9 heteroatoms. The lowest BCUT2D eigenvalue weighted by Gasteiger charge is -2.40. The number of nitrogens with zero attached hydrogens (tertiary/aromatic N) is 6. The molecule has 0 radical (unpaired) electrons. The van der Waals surface area contributed by atoms with Gasteiger partial charge in [0.15, 0.2) is 0 Å². The van der Waals surface area contributed by atoms with Crippen LogP contribution in [0.25, 0.3) is 16.7 Å². The van der Waals surface area contributed by atoms with Gasteiger partial charge < -0.3 is 4.90 Å². The highest BCUT2D eigenvalue weighted by molar-refractivity contribution is 6.05. The van der Waals surface area contributed by atoms with Crippen LogP contribution in [-0.4, -0.2) is 47.5 Å². The van der Waals surface area contributed by atoms with Gasteiger partial charge in [0.25, 0.3) is 18.1 Å². The highest BCUT2D eigenvalue weighted by atomic mass is 19.3. The number of benzene rings is 1. The van der Waals surface area contributed by atoms with E-state index in [1.165, 1.54) is 16.9 Å². The summed E-state index contributed by atoms with van der Waals surface area (Å²) < 4.78 is 28.6. The number of para-hydroxylation sites is 1. The number of aromatic nitrogens is 5. The Bertz CT molecular complexity index is 1330. The molecule has 5 heterocycles. The molecule has 2 fully saturated rings. The molecule has 0 aliphatic carbocycles. The van der Waals surface area contributed by atoms with Crippen LogP contribution >= 0.6 is 0 Å². The molecule has 2 saturated heterocycles. The highest BCUT2D eigenvalue weighted by Crippen LogP contribution is 2.45. The Labute approximate surface area is 182 Å². The molecule has 3 aromatic heterocycles. The number of hydrogen-bond donors (Lipinski definition) is 0. The maximum absolute atomic E-state index is 13.8. The average molecular weight is 434 g/mol. The van der Waals surface area contributed by atoms with Crippen LogP contribution < -0.4 is 0 Å². The van der Waals surface area contributed by atoms with Gasteiger partial charge in [0.2, 0.25) is 0 Å². The molecule has 32 heavy (non-hydrogen) atoms. The van der Waals surface area contributed by atoms with Crippen molar-refractivity contribution in [3.8, 4) is 0 Å². The molecule has 3 unspecified atom stereocenters. The lowest BCUT2D eigenvalue weighted by atomic mass is 9.86. The summed E-state index contributed by atoms with van der Waals surface area (Å²) in [6.45, 7) is 0. The Morgan fingerprint density at radius 2 is 1.91 bits per heavy atom. The van der Waals surface area contributed by atoms with Crippen LogP contribution in [0.3, 0.4) is 0 Å². The summed E-state index contributed by atoms with van der Waals surface area (Å²) in [6, 6.07) is 10.9. The molecular weight excluding hydrogens is 414 g/mol. The van der Waals surface area contributed by atoms with Crippen LogP contribution in [0.4, 0.5) is 8.78 Å². The normalized spacial score (nSPS) is 22.8. The second-order valence-electron chi connectivity index (χ2n) is 8.45. The Hall–Kier alpha value is -3.49. The third-order valence-electron chi connectivity index (χ3n) is 6.82. The van der Waals surface area contributed by atoms with E-state index in [0.717, 1.165) is 31.1 Å². The molecule has 7 nitrogen and oxygen atoms in total. The molecule has 162 valence electrons. The summed E-state index contributed by atoms with van der Waals surface area (Å²) in [5, 5.41) is 5.15. The predicted octanol–water partition coefficient (Wildman–Crippen LogP) is 4.16. The van der Waals surface area contributed by atoms with Crippen LogP contribution in [0.2, 0.25) is 0 Å². The van der Waals surface area contributed by atoms with Crippen LogP contribution in [0.5, 0.6) is 0 Å². The summed E-state index contributed by atoms with van der Waals surface area (Å²) in [6.07, 6.45) is 3.65. The van der Waals surface area contributed by atoms with Crippen LogP contribution in [0, 0.1) is 0 Å². The van der Waals surface area contributed by atoms with Crippen molar-refractivity contribution in [3.63, 3.8) is 0 Å². The largest absolute Gasteiger partial charge is 0.332 e. The van der Waals surface area contributed by atoms with Crippen LogP contribution in [0.15, 0.2) is 48.9 Å². The number of alkyl halides is 2. The Kier molecular flexibility index (Phi) is 4.38. The Morgan fingerprint density at radius 1 is 1.06 bits per heavy atom. The summed E-state index contributed by atoms with van der Waals surface area (Å²) >= 11 is 0. The van der Waals surface area contributed by atoms with Gasteiger partial charge >= 0.3 is 0 Å². The van der Waals surface area contributed by atoms with E-state index in [1.54, 1.807) is 6.20 Å². The van der Waals surface area contributed by atoms with Crippen molar-refractivity contribution in [2.45, 2.75) is 50.1 Å². The minimum atomic E-state index is -2.70. The van der Waals surface area contributed by atoms with Gasteiger partial charge in [0, 0.05) is 29.6 Å². The van der Waals surface area contributed by atoms with Gasteiger partial charge in [-0.1, -0.05) is 18.2 Å². The standard InChI is InChI=1S/C23H20F2N6O/c24-21(25)17-11-19(31-23(29-17)27-12-28-31)15-8-6-14-7-9-18(15)30(14)22(32)16-5-1-3-13-4-2-10-26-20(13)16/h1-5,10-12,14-15,18,21H,6-9H2. The van der Waals surface area contributed by atoms with E-state index < -0.39 is 6.43 Å². The van der Waals surface area contributed by atoms with Gasteiger partial charge in [-0.3, -0.25) is 9.78 Å². The molecule has 0 N–H and O–H groups in total. The van der Waals surface area contributed by atoms with Gasteiger partial charge in [0.1, 0.15) is 12.0 Å². The minimum Gasteiger partial charge on any atom is -0.332 e. The smallest absolute Gasteiger partial charge is 0.280 e. The monoisotopic (exact) mass is 434 g/mol. The van der Waals surface area contributed by atoms with Gasteiger partial charge in [-0.15, -0.1) is 0 Å². The zero-order chi connectivity index (χ0) is 21.8. The molecule has 0 saturated carbocycles. The van der Waals surface area contributed by atoms with E-state index in [-0.39, 0.29) is 35.4 Å². The molecule has 4 aromatic rings. The average Bonchev–Trinajstić information content (AvgIpc) is 3.41. The first kappa shape index (κ1) is 19.2. The first-order valence-electron chi connectivity index (χ1n) is 10.8. The first-order chi connectivity index (χ1) is 15.6. The highest BCUT2D eigenvalue weighted by Gasteiger charge is 2.46. The third-order valence-corrected chi connectivity index (χ3v) is 6.82. The fraction of sp³-hybridized carbons (Fsp3) is 0.348. The first-order valence-corrected chi connectivity index (χ1v) is 10.8. The fourth-order valence-electron chi connectivity index (χ4n) is 5.46. The van der Waals surface area contributed by atoms with E-state index in [0.29, 0.717) is 16.8 Å². The number of carbonyl (C=O) groups excluding carboxylic acids is 1. The van der Waals surface area contributed by atoms with E-state index in [1.807, 2.05) is 35.2 Å². The van der Waals surface area contributed by atoms with E-state index in [4.69, 9.17) is 0 Å². The summed E-state index contributed by atoms with van der Waals surface area (Å²) in [4.78, 5) is 28.1. The molecule has 1 amide bonds. The van der Waals surface area contributed by atoms with Crippen molar-refractivity contribution in [2.24, 2.45) is 0 Å². The van der Waals surface area contributed by atoms with E-state index in [2.05, 4.69) is 20.1 Å². The van der Waals surface area contributed by atoms with Gasteiger partial charge in [-0.2, -0.15) is 10.1 Å². The quantitative estimate of drug-likeness (QED) is 0.484. The number of amides is 1. The van der Waals surface area contributed by atoms with Crippen molar-refractivity contribution >= 4 is 22.6 Å². The number of halogens is 2. The summed E-state index contributed by atoms with van der Waals surface area (Å²) in [5.41, 5.74) is 1.59. The third kappa shape index (κ3) is 2.87. The molecule has 0 spiro atoms. The van der Waals surface area contributed by atoms with Crippen molar-refractivity contribution < 1.29 is 13.6 Å². The lowest BCUT2D eigenvalue weighted by Crippen LogP contribution is -2.47. The second-order valence-corrected chi connectivity index (χ2v) is 8.45. The number of hydrogen-bond acceptors (Lipinski definition) is 5. The number of carbonyl (C=O) groups is 1. The Balaban J connectivity index is 1.43. The maximum Gasteiger partial charge on any atom is 0.280 e. The van der Waals surface area contributed by atoms with E-state index in [9.17, 15) is 13.6 Å². The molecular formula is C23H20F2N6O. The molecule has 1 aromatic carbocycles. The molecule has 6 rings (SSSR count). The van der Waals surface area contributed by atoms with Crippen LogP contribution in [-0.2, 0) is 0 Å². The predicted molar refractivity (Wildman–Crippen MR) is 112 cm³/mol. The number of fused-ring (bicyclic) bond motifs is 4. The second kappa shape index (κ2) is 7.29. The van der Waals surface area contributed by atoms with E-state index >= 15 is 0 Å². The minimum absolute atomic E-state index is 0.0514. The Morgan fingerprint density at radius 3 is 2.78 bits per heavy atom. The lowest BCUT2D eigenvalue weighted by molar-refractivity contribution is 0.0555. The van der Waals surface area contributed by atoms with Crippen molar-refractivity contribution in [1.82, 2.24) is 29.5 Å². The maximum atomic E-state index is 13.8. The number of pyridine rings is 1. The van der Waals surface area contributed by atoms with Gasteiger partial charge in [-0.05, 0) is 43.9 Å².